The summed E-state index contributed by atoms with van der Waals surface area (Å²) >= 11 is 0. The minimum absolute atomic E-state index is 0.108. The molecule has 0 aliphatic carbocycles. The summed E-state index contributed by atoms with van der Waals surface area (Å²) in [7, 11) is 0. The van der Waals surface area contributed by atoms with Crippen LogP contribution in [0.2, 0.25) is 0 Å². The average Bonchev–Trinajstić information content (AvgIpc) is 3.16. The Kier molecular flexibility index (Phi) is 5.08. The lowest BCUT2D eigenvalue weighted by molar-refractivity contribution is -0.138. The number of piperidine rings is 1. The number of aliphatic carboxylic acids is 1. The number of H-pyrrole nitrogens is 2. The molecule has 0 spiro atoms. The summed E-state index contributed by atoms with van der Waals surface area (Å²) in [4.78, 5) is 32.4. The molecular weight excluding hydrogens is 390 g/mol. The van der Waals surface area contributed by atoms with E-state index in [0.717, 1.165) is 60.0 Å². The largest absolute Gasteiger partial charge is 0.481 e. The molecule has 1 atom stereocenters. The quantitative estimate of drug-likeness (QED) is 0.452. The zero-order valence-electron chi connectivity index (χ0n) is 17.2. The van der Waals surface area contributed by atoms with Crippen molar-refractivity contribution < 1.29 is 9.90 Å². The van der Waals surface area contributed by atoms with Crippen LogP contribution in [0, 0.1) is 5.92 Å². The van der Waals surface area contributed by atoms with E-state index in [9.17, 15) is 9.59 Å². The third-order valence-corrected chi connectivity index (χ3v) is 6.20. The summed E-state index contributed by atoms with van der Waals surface area (Å²) in [6.07, 6.45) is 2.28. The van der Waals surface area contributed by atoms with Crippen molar-refractivity contribution in [3.63, 3.8) is 0 Å². The maximum Gasteiger partial charge on any atom is 0.303 e. The topological polar surface area (TPSA) is 89.2 Å². The van der Waals surface area contributed by atoms with Gasteiger partial charge in [0.05, 0.1) is 11.3 Å². The van der Waals surface area contributed by atoms with Gasteiger partial charge in [-0.05, 0) is 66.6 Å². The summed E-state index contributed by atoms with van der Waals surface area (Å²) < 4.78 is 0. The summed E-state index contributed by atoms with van der Waals surface area (Å²) in [5.74, 6) is -0.481. The number of fused-ring (bicyclic) bond motifs is 2. The van der Waals surface area contributed by atoms with Crippen molar-refractivity contribution in [2.24, 2.45) is 5.92 Å². The SMILES string of the molecule is O=C(O)CC1CCCN(Cc2ccc3[nH]c(-c4cc5ccccc5[nH]c4=O)cc3c2)C1. The van der Waals surface area contributed by atoms with Crippen molar-refractivity contribution in [1.82, 2.24) is 14.9 Å². The highest BCUT2D eigenvalue weighted by Crippen LogP contribution is 2.26. The van der Waals surface area contributed by atoms with E-state index in [1.807, 2.05) is 36.4 Å². The first-order valence-corrected chi connectivity index (χ1v) is 10.7. The lowest BCUT2D eigenvalue weighted by Crippen LogP contribution is -2.35. The second kappa shape index (κ2) is 8.04. The van der Waals surface area contributed by atoms with Gasteiger partial charge < -0.3 is 15.1 Å². The normalized spacial score (nSPS) is 17.4. The molecule has 1 saturated heterocycles. The number of carbonyl (C=O) groups is 1. The lowest BCUT2D eigenvalue weighted by atomic mass is 9.94. The average molecular weight is 415 g/mol. The zero-order chi connectivity index (χ0) is 21.4. The third-order valence-electron chi connectivity index (χ3n) is 6.20. The van der Waals surface area contributed by atoms with Crippen molar-refractivity contribution in [2.75, 3.05) is 13.1 Å². The van der Waals surface area contributed by atoms with Gasteiger partial charge in [-0.1, -0.05) is 24.3 Å². The third kappa shape index (κ3) is 4.11. The Balaban J connectivity index is 1.40. The highest BCUT2D eigenvalue weighted by Gasteiger charge is 2.22. The fourth-order valence-electron chi connectivity index (χ4n) is 4.74. The van der Waals surface area contributed by atoms with Gasteiger partial charge in [-0.25, -0.2) is 0 Å². The van der Waals surface area contributed by atoms with E-state index in [0.29, 0.717) is 5.56 Å². The fraction of sp³-hybridized carbons (Fsp3) is 0.280. The van der Waals surface area contributed by atoms with Crippen LogP contribution in [0.1, 0.15) is 24.8 Å². The summed E-state index contributed by atoms with van der Waals surface area (Å²) in [6.45, 7) is 2.64. The molecule has 0 saturated carbocycles. The monoisotopic (exact) mass is 415 g/mol. The number of benzene rings is 2. The molecule has 2 aromatic heterocycles. The van der Waals surface area contributed by atoms with E-state index in [1.54, 1.807) is 0 Å². The molecule has 3 N–H and O–H groups in total. The number of carboxylic acid groups (broad SMARTS) is 1. The molecule has 1 aliphatic rings. The van der Waals surface area contributed by atoms with Gasteiger partial charge in [-0.15, -0.1) is 0 Å². The van der Waals surface area contributed by atoms with Crippen LogP contribution in [-0.4, -0.2) is 39.0 Å². The Morgan fingerprint density at radius 1 is 1.03 bits per heavy atom. The second-order valence-corrected chi connectivity index (χ2v) is 8.55. The minimum Gasteiger partial charge on any atom is -0.481 e. The van der Waals surface area contributed by atoms with Crippen LogP contribution < -0.4 is 5.56 Å². The van der Waals surface area contributed by atoms with E-state index < -0.39 is 5.97 Å². The standard InChI is InChI=1S/C25H25N3O3/c29-24(30)11-16-4-3-9-28(14-16)15-17-7-8-22-19(10-17)13-23(26-22)20-12-18-5-1-2-6-21(18)27-25(20)31/h1-2,5-8,10,12-13,16,26H,3-4,9,11,14-15H2,(H,27,31)(H,29,30). The molecule has 4 aromatic rings. The molecule has 31 heavy (non-hydrogen) atoms. The fourth-order valence-corrected chi connectivity index (χ4v) is 4.74. The first-order chi connectivity index (χ1) is 15.0. The van der Waals surface area contributed by atoms with Gasteiger partial charge in [0.25, 0.3) is 5.56 Å². The number of aromatic nitrogens is 2. The van der Waals surface area contributed by atoms with Crippen LogP contribution in [-0.2, 0) is 11.3 Å². The highest BCUT2D eigenvalue weighted by atomic mass is 16.4. The molecule has 0 radical (unpaired) electrons. The van der Waals surface area contributed by atoms with Gasteiger partial charge >= 0.3 is 5.97 Å². The van der Waals surface area contributed by atoms with Gasteiger partial charge in [-0.2, -0.15) is 0 Å². The zero-order valence-corrected chi connectivity index (χ0v) is 17.2. The molecule has 3 heterocycles. The molecule has 6 nitrogen and oxygen atoms in total. The first-order valence-electron chi connectivity index (χ1n) is 10.7. The van der Waals surface area contributed by atoms with E-state index in [2.05, 4.69) is 33.1 Å². The van der Waals surface area contributed by atoms with Gasteiger partial charge in [0.1, 0.15) is 0 Å². The number of hydrogen-bond donors (Lipinski definition) is 3. The predicted octanol–water partition coefficient (Wildman–Crippen LogP) is 4.36. The van der Waals surface area contributed by atoms with E-state index >= 15 is 0 Å². The highest BCUT2D eigenvalue weighted by molar-refractivity contribution is 5.89. The molecule has 1 unspecified atom stereocenters. The molecule has 158 valence electrons. The van der Waals surface area contributed by atoms with Crippen molar-refractivity contribution in [3.8, 4) is 11.3 Å². The number of likely N-dealkylation sites (tertiary alicyclic amines) is 1. The van der Waals surface area contributed by atoms with Crippen molar-refractivity contribution in [2.45, 2.75) is 25.8 Å². The van der Waals surface area contributed by atoms with Crippen molar-refractivity contribution in [3.05, 3.63) is 70.5 Å². The number of aromatic amines is 2. The molecule has 5 rings (SSSR count). The van der Waals surface area contributed by atoms with Gasteiger partial charge in [0.2, 0.25) is 0 Å². The molecular formula is C25H25N3O3. The predicted molar refractivity (Wildman–Crippen MR) is 122 cm³/mol. The van der Waals surface area contributed by atoms with Crippen LogP contribution in [0.25, 0.3) is 33.1 Å². The maximum atomic E-state index is 12.6. The number of nitrogens with zero attached hydrogens (tertiary/aromatic N) is 1. The van der Waals surface area contributed by atoms with E-state index in [-0.39, 0.29) is 17.9 Å². The van der Waals surface area contributed by atoms with Crippen molar-refractivity contribution >= 4 is 27.8 Å². The summed E-state index contributed by atoms with van der Waals surface area (Å²) in [5, 5.41) is 11.2. The van der Waals surface area contributed by atoms with E-state index in [4.69, 9.17) is 5.11 Å². The Bertz CT molecular complexity index is 1320. The number of pyridine rings is 1. The van der Waals surface area contributed by atoms with Gasteiger partial charge in [0.15, 0.2) is 0 Å². The molecule has 2 aromatic carbocycles. The van der Waals surface area contributed by atoms with Gasteiger partial charge in [-0.3, -0.25) is 14.5 Å². The number of hydrogen-bond acceptors (Lipinski definition) is 3. The Morgan fingerprint density at radius 2 is 1.87 bits per heavy atom. The van der Waals surface area contributed by atoms with Crippen LogP contribution in [0.15, 0.2) is 59.4 Å². The van der Waals surface area contributed by atoms with Gasteiger partial charge in [0, 0.05) is 35.9 Å². The smallest absolute Gasteiger partial charge is 0.303 e. The molecule has 0 amide bonds. The van der Waals surface area contributed by atoms with Crippen molar-refractivity contribution in [1.29, 1.82) is 0 Å². The first kappa shape index (κ1) is 19.6. The Labute approximate surface area is 179 Å². The van der Waals surface area contributed by atoms with E-state index in [1.165, 1.54) is 5.56 Å². The Hall–Kier alpha value is -3.38. The lowest BCUT2D eigenvalue weighted by Gasteiger charge is -2.32. The summed E-state index contributed by atoms with van der Waals surface area (Å²) in [6, 6.07) is 18.0. The number of para-hydroxylation sites is 1. The molecule has 1 fully saturated rings. The number of carboxylic acids is 1. The Morgan fingerprint density at radius 3 is 2.74 bits per heavy atom. The summed E-state index contributed by atoms with van der Waals surface area (Å²) in [5.41, 5.74) is 4.35. The second-order valence-electron chi connectivity index (χ2n) is 8.55. The molecule has 1 aliphatic heterocycles. The number of rotatable bonds is 5. The molecule has 6 heteroatoms. The van der Waals surface area contributed by atoms with Crippen LogP contribution in [0.5, 0.6) is 0 Å². The maximum absolute atomic E-state index is 12.6. The van der Waals surface area contributed by atoms with Crippen LogP contribution in [0.3, 0.4) is 0 Å². The number of nitrogens with one attached hydrogen (secondary N) is 2. The van der Waals surface area contributed by atoms with Crippen LogP contribution >= 0.6 is 0 Å². The minimum atomic E-state index is -0.711. The van der Waals surface area contributed by atoms with Crippen LogP contribution in [0.4, 0.5) is 0 Å². The molecule has 0 bridgehead atoms.